The van der Waals surface area contributed by atoms with E-state index < -0.39 is 6.61 Å². The zero-order chi connectivity index (χ0) is 19.8. The van der Waals surface area contributed by atoms with Gasteiger partial charge in [0.15, 0.2) is 0 Å². The molecule has 0 saturated heterocycles. The van der Waals surface area contributed by atoms with Crippen molar-refractivity contribution in [3.8, 4) is 17.2 Å². The van der Waals surface area contributed by atoms with E-state index in [0.717, 1.165) is 11.1 Å². The maximum atomic E-state index is 12.4. The lowest BCUT2D eigenvalue weighted by Gasteiger charge is -2.18. The maximum Gasteiger partial charge on any atom is 0.387 e. The molecule has 1 amide bonds. The molecule has 0 heterocycles. The van der Waals surface area contributed by atoms with Crippen molar-refractivity contribution in [3.05, 3.63) is 53.6 Å². The number of amides is 1. The van der Waals surface area contributed by atoms with Gasteiger partial charge in [-0.1, -0.05) is 12.1 Å². The van der Waals surface area contributed by atoms with Crippen molar-refractivity contribution < 1.29 is 27.8 Å². The number of methoxy groups -OCH3 is 2. The lowest BCUT2D eigenvalue weighted by Crippen LogP contribution is -2.26. The minimum absolute atomic E-state index is 0.0234. The summed E-state index contributed by atoms with van der Waals surface area (Å²) in [4.78, 5) is 14.0. The zero-order valence-corrected chi connectivity index (χ0v) is 15.6. The number of aryl methyl sites for hydroxylation is 1. The summed E-state index contributed by atoms with van der Waals surface area (Å²) in [6.07, 6.45) is 0.886. The van der Waals surface area contributed by atoms with Gasteiger partial charge in [0.2, 0.25) is 5.91 Å². The molecular weight excluding hydrogens is 356 g/mol. The molecule has 0 radical (unpaired) electrons. The Morgan fingerprint density at radius 1 is 0.963 bits per heavy atom. The van der Waals surface area contributed by atoms with Gasteiger partial charge in [-0.3, -0.25) is 4.79 Å². The molecule has 0 aliphatic heterocycles. The summed E-state index contributed by atoms with van der Waals surface area (Å²) < 4.78 is 39.1. The van der Waals surface area contributed by atoms with E-state index in [1.54, 1.807) is 44.4 Å². The smallest absolute Gasteiger partial charge is 0.387 e. The van der Waals surface area contributed by atoms with Crippen LogP contribution in [0.4, 0.5) is 8.78 Å². The Kier molecular flexibility index (Phi) is 7.40. The number of carbonyl (C=O) groups excluding carboxylic acids is 1. The average Bonchev–Trinajstić information content (AvgIpc) is 2.66. The Balaban J connectivity index is 1.90. The topological polar surface area (TPSA) is 48.0 Å². The highest BCUT2D eigenvalue weighted by Crippen LogP contribution is 2.23. The van der Waals surface area contributed by atoms with Crippen LogP contribution in [0.5, 0.6) is 17.2 Å². The first-order chi connectivity index (χ1) is 12.9. The zero-order valence-electron chi connectivity index (χ0n) is 15.6. The van der Waals surface area contributed by atoms with Crippen molar-refractivity contribution in [1.82, 2.24) is 4.90 Å². The van der Waals surface area contributed by atoms with Crippen LogP contribution in [0.2, 0.25) is 0 Å². The highest BCUT2D eigenvalue weighted by molar-refractivity contribution is 5.76. The number of ether oxygens (including phenoxy) is 3. The van der Waals surface area contributed by atoms with Gasteiger partial charge in [0.1, 0.15) is 17.2 Å². The van der Waals surface area contributed by atoms with E-state index in [1.165, 1.54) is 12.1 Å². The number of alkyl halides is 2. The fraction of sp³-hybridized carbons (Fsp3) is 0.350. The van der Waals surface area contributed by atoms with E-state index in [2.05, 4.69) is 4.74 Å². The summed E-state index contributed by atoms with van der Waals surface area (Å²) in [7, 11) is 4.86. The van der Waals surface area contributed by atoms with E-state index in [1.807, 2.05) is 12.1 Å². The monoisotopic (exact) mass is 379 g/mol. The Bertz CT molecular complexity index is 728. The van der Waals surface area contributed by atoms with Crippen molar-refractivity contribution in [2.45, 2.75) is 26.0 Å². The molecule has 0 unspecified atom stereocenters. The number of rotatable bonds is 9. The SMILES string of the molecule is COc1cc(CCC(=O)N(C)Cc2ccc(OC(F)F)cc2)cc(OC)c1. The summed E-state index contributed by atoms with van der Waals surface area (Å²) in [5.74, 6) is 1.42. The molecule has 0 saturated carbocycles. The molecule has 0 N–H and O–H groups in total. The number of hydrogen-bond donors (Lipinski definition) is 0. The van der Waals surface area contributed by atoms with Gasteiger partial charge in [0.05, 0.1) is 14.2 Å². The Labute approximate surface area is 157 Å². The predicted molar refractivity (Wildman–Crippen MR) is 97.4 cm³/mol. The standard InChI is InChI=1S/C20H23F2NO4/c1-23(13-14-4-7-16(8-5-14)27-20(21)22)19(24)9-6-15-10-17(25-2)12-18(11-15)26-3/h4-5,7-8,10-12,20H,6,9,13H2,1-3H3. The molecule has 0 aliphatic carbocycles. The molecule has 2 rings (SSSR count). The molecule has 0 bridgehead atoms. The third-order valence-corrected chi connectivity index (χ3v) is 4.03. The fourth-order valence-corrected chi connectivity index (χ4v) is 2.59. The number of carbonyl (C=O) groups is 1. The second-order valence-electron chi connectivity index (χ2n) is 5.99. The highest BCUT2D eigenvalue weighted by Gasteiger charge is 2.11. The number of nitrogens with zero attached hydrogens (tertiary/aromatic N) is 1. The van der Waals surface area contributed by atoms with Gasteiger partial charge >= 0.3 is 6.61 Å². The van der Waals surface area contributed by atoms with Crippen LogP contribution in [-0.2, 0) is 17.8 Å². The molecule has 0 spiro atoms. The van der Waals surface area contributed by atoms with Crippen LogP contribution < -0.4 is 14.2 Å². The summed E-state index contributed by atoms with van der Waals surface area (Å²) in [6.45, 7) is -2.47. The summed E-state index contributed by atoms with van der Waals surface area (Å²) in [5, 5.41) is 0. The first kappa shape index (κ1) is 20.5. The molecule has 27 heavy (non-hydrogen) atoms. The number of halogens is 2. The van der Waals surface area contributed by atoms with Gasteiger partial charge < -0.3 is 19.1 Å². The van der Waals surface area contributed by atoms with E-state index in [4.69, 9.17) is 9.47 Å². The Morgan fingerprint density at radius 2 is 1.56 bits per heavy atom. The highest BCUT2D eigenvalue weighted by atomic mass is 19.3. The van der Waals surface area contributed by atoms with Gasteiger partial charge in [0.25, 0.3) is 0 Å². The number of benzene rings is 2. The molecule has 2 aromatic carbocycles. The first-order valence-electron chi connectivity index (χ1n) is 8.41. The van der Waals surface area contributed by atoms with Gasteiger partial charge in [-0.15, -0.1) is 0 Å². The van der Waals surface area contributed by atoms with Crippen molar-refractivity contribution in [2.75, 3.05) is 21.3 Å². The van der Waals surface area contributed by atoms with Crippen LogP contribution in [0, 0.1) is 0 Å². The van der Waals surface area contributed by atoms with E-state index in [0.29, 0.717) is 30.9 Å². The van der Waals surface area contributed by atoms with Crippen molar-refractivity contribution in [2.24, 2.45) is 0 Å². The third-order valence-electron chi connectivity index (χ3n) is 4.03. The molecule has 7 heteroatoms. The minimum Gasteiger partial charge on any atom is -0.497 e. The lowest BCUT2D eigenvalue weighted by molar-refractivity contribution is -0.130. The lowest BCUT2D eigenvalue weighted by atomic mass is 10.1. The molecule has 2 aromatic rings. The second-order valence-corrected chi connectivity index (χ2v) is 5.99. The molecule has 5 nitrogen and oxygen atoms in total. The van der Waals surface area contributed by atoms with Crippen LogP contribution in [0.1, 0.15) is 17.5 Å². The van der Waals surface area contributed by atoms with Crippen LogP contribution in [0.15, 0.2) is 42.5 Å². The molecule has 0 aromatic heterocycles. The van der Waals surface area contributed by atoms with Crippen LogP contribution in [0.25, 0.3) is 0 Å². The normalized spacial score (nSPS) is 10.6. The van der Waals surface area contributed by atoms with E-state index >= 15 is 0 Å². The Hall–Kier alpha value is -2.83. The van der Waals surface area contributed by atoms with Gasteiger partial charge in [-0.2, -0.15) is 8.78 Å². The predicted octanol–water partition coefficient (Wildman–Crippen LogP) is 3.90. The van der Waals surface area contributed by atoms with Crippen molar-refractivity contribution in [1.29, 1.82) is 0 Å². The third kappa shape index (κ3) is 6.44. The van der Waals surface area contributed by atoms with Crippen LogP contribution >= 0.6 is 0 Å². The quantitative estimate of drug-likeness (QED) is 0.663. The van der Waals surface area contributed by atoms with Gasteiger partial charge in [-0.25, -0.2) is 0 Å². The molecular formula is C20H23F2NO4. The first-order valence-corrected chi connectivity index (χ1v) is 8.41. The molecule has 0 atom stereocenters. The summed E-state index contributed by atoms with van der Waals surface area (Å²) >= 11 is 0. The minimum atomic E-state index is -2.85. The van der Waals surface area contributed by atoms with Gasteiger partial charge in [-0.05, 0) is 41.8 Å². The number of hydrogen-bond acceptors (Lipinski definition) is 4. The summed E-state index contributed by atoms with van der Waals surface area (Å²) in [6, 6.07) is 11.8. The van der Waals surface area contributed by atoms with Gasteiger partial charge in [0, 0.05) is 26.1 Å². The molecule has 0 fully saturated rings. The largest absolute Gasteiger partial charge is 0.497 e. The maximum absolute atomic E-state index is 12.4. The fourth-order valence-electron chi connectivity index (χ4n) is 2.59. The molecule has 146 valence electrons. The van der Waals surface area contributed by atoms with Crippen LogP contribution in [0.3, 0.4) is 0 Å². The van der Waals surface area contributed by atoms with Crippen molar-refractivity contribution in [3.63, 3.8) is 0 Å². The van der Waals surface area contributed by atoms with E-state index in [-0.39, 0.29) is 11.7 Å². The van der Waals surface area contributed by atoms with E-state index in [9.17, 15) is 13.6 Å². The Morgan fingerprint density at radius 3 is 2.07 bits per heavy atom. The molecule has 0 aliphatic rings. The average molecular weight is 379 g/mol. The van der Waals surface area contributed by atoms with Crippen LogP contribution in [-0.4, -0.2) is 38.7 Å². The van der Waals surface area contributed by atoms with Crippen molar-refractivity contribution >= 4 is 5.91 Å². The summed E-state index contributed by atoms with van der Waals surface area (Å²) in [5.41, 5.74) is 1.77. The second kappa shape index (κ2) is 9.75.